The van der Waals surface area contributed by atoms with Crippen LogP contribution in [0, 0.1) is 5.92 Å². The van der Waals surface area contributed by atoms with Crippen LogP contribution < -0.4 is 0 Å². The van der Waals surface area contributed by atoms with Crippen molar-refractivity contribution in [2.75, 3.05) is 5.33 Å². The van der Waals surface area contributed by atoms with Gasteiger partial charge in [-0.2, -0.15) is 0 Å². The Morgan fingerprint density at radius 2 is 1.88 bits per heavy atom. The fraction of sp³-hybridized carbons (Fsp3) is 0.600. The lowest BCUT2D eigenvalue weighted by atomic mass is 10.0. The highest BCUT2D eigenvalue weighted by atomic mass is 79.9. The van der Waals surface area contributed by atoms with Crippen molar-refractivity contribution in [1.29, 1.82) is 0 Å². The lowest BCUT2D eigenvalue weighted by Gasteiger charge is -2.06. The van der Waals surface area contributed by atoms with Gasteiger partial charge < -0.3 is 0 Å². The van der Waals surface area contributed by atoms with Crippen LogP contribution in [0.2, 0.25) is 0 Å². The molecule has 16 heavy (non-hydrogen) atoms. The molecule has 0 heterocycles. The molecule has 0 saturated heterocycles. The van der Waals surface area contributed by atoms with Crippen molar-refractivity contribution in [2.24, 2.45) is 5.92 Å². The number of halogens is 1. The van der Waals surface area contributed by atoms with E-state index in [-0.39, 0.29) is 0 Å². The zero-order chi connectivity index (χ0) is 12.4. The van der Waals surface area contributed by atoms with Crippen molar-refractivity contribution in [2.45, 2.75) is 47.0 Å². The molecule has 1 unspecified atom stereocenters. The average Bonchev–Trinajstić information content (AvgIpc) is 2.17. The Hall–Kier alpha value is -0.300. The summed E-state index contributed by atoms with van der Waals surface area (Å²) in [5.41, 5.74) is 2.77. The molecule has 92 valence electrons. The molecule has 0 fully saturated rings. The van der Waals surface area contributed by atoms with Crippen LogP contribution >= 0.6 is 15.9 Å². The van der Waals surface area contributed by atoms with Gasteiger partial charge in [0, 0.05) is 5.33 Å². The summed E-state index contributed by atoms with van der Waals surface area (Å²) >= 11 is 3.40. The first kappa shape index (κ1) is 15.7. The van der Waals surface area contributed by atoms with Gasteiger partial charge in [0.2, 0.25) is 0 Å². The summed E-state index contributed by atoms with van der Waals surface area (Å²) in [7, 11) is 0. The molecule has 0 bridgehead atoms. The molecule has 0 aliphatic carbocycles. The summed E-state index contributed by atoms with van der Waals surface area (Å²) in [6.45, 7) is 8.80. The maximum Gasteiger partial charge on any atom is 0.0217 e. The van der Waals surface area contributed by atoms with Gasteiger partial charge >= 0.3 is 0 Å². The lowest BCUT2D eigenvalue weighted by Crippen LogP contribution is -1.91. The molecule has 1 heteroatoms. The van der Waals surface area contributed by atoms with Crippen molar-refractivity contribution >= 4 is 15.9 Å². The minimum Gasteiger partial charge on any atom is -0.0883 e. The zero-order valence-corrected chi connectivity index (χ0v) is 12.7. The molecule has 0 aromatic heterocycles. The largest absolute Gasteiger partial charge is 0.0883 e. The molecular formula is C15H25Br. The first-order chi connectivity index (χ1) is 7.56. The molecule has 0 saturated carbocycles. The van der Waals surface area contributed by atoms with Gasteiger partial charge in [-0.1, -0.05) is 58.3 Å². The van der Waals surface area contributed by atoms with Gasteiger partial charge in [-0.3, -0.25) is 0 Å². The smallest absolute Gasteiger partial charge is 0.0217 e. The molecule has 0 radical (unpaired) electrons. The van der Waals surface area contributed by atoms with Gasteiger partial charge in [-0.15, -0.1) is 0 Å². The molecule has 0 nitrogen and oxygen atoms in total. The molecule has 0 aliphatic rings. The maximum atomic E-state index is 3.40. The minimum atomic E-state index is 0.781. The number of hydrogen-bond acceptors (Lipinski definition) is 0. The Labute approximate surface area is 110 Å². The summed E-state index contributed by atoms with van der Waals surface area (Å²) in [5, 5.41) is 0.944. The fourth-order valence-electron chi connectivity index (χ4n) is 1.45. The number of rotatable bonds is 7. The van der Waals surface area contributed by atoms with Crippen molar-refractivity contribution in [1.82, 2.24) is 0 Å². The van der Waals surface area contributed by atoms with Crippen molar-refractivity contribution < 1.29 is 0 Å². The Bertz CT molecular complexity index is 255. The predicted octanol–water partition coefficient (Wildman–Crippen LogP) is 5.66. The third kappa shape index (κ3) is 10.2. The van der Waals surface area contributed by atoms with Crippen LogP contribution in [0.15, 0.2) is 35.5 Å². The second-order valence-corrected chi connectivity index (χ2v) is 5.35. The van der Waals surface area contributed by atoms with Gasteiger partial charge in [0.1, 0.15) is 0 Å². The maximum absolute atomic E-state index is 3.40. The zero-order valence-electron chi connectivity index (χ0n) is 11.1. The number of alkyl halides is 1. The van der Waals surface area contributed by atoms with Gasteiger partial charge in [0.25, 0.3) is 0 Å². The van der Waals surface area contributed by atoms with E-state index in [0.717, 1.165) is 11.2 Å². The number of allylic oxidation sites excluding steroid dienone is 6. The highest BCUT2D eigenvalue weighted by Crippen LogP contribution is 2.13. The summed E-state index contributed by atoms with van der Waals surface area (Å²) in [6.07, 6.45) is 12.7. The van der Waals surface area contributed by atoms with Crippen LogP contribution in [0.25, 0.3) is 0 Å². The highest BCUT2D eigenvalue weighted by Gasteiger charge is 1.97. The molecule has 0 aromatic carbocycles. The second-order valence-electron chi connectivity index (χ2n) is 4.70. The summed E-state index contributed by atoms with van der Waals surface area (Å²) in [4.78, 5) is 0. The second kappa shape index (κ2) is 9.89. The van der Waals surface area contributed by atoms with Gasteiger partial charge in [0.15, 0.2) is 0 Å². The summed E-state index contributed by atoms with van der Waals surface area (Å²) in [6, 6.07) is 0. The quantitative estimate of drug-likeness (QED) is 0.322. The standard InChI is InChI=1S/C15H25Br/c1-13(2)7-5-8-14(3)9-6-10-15(4)11-12-16/h6-7,10-11,14H,5,8-9,12H2,1-4H3/b10-6+,15-11+. The van der Waals surface area contributed by atoms with Crippen molar-refractivity contribution in [3.05, 3.63) is 35.5 Å². The van der Waals surface area contributed by atoms with Crippen LogP contribution in [0.3, 0.4) is 0 Å². The van der Waals surface area contributed by atoms with E-state index in [1.54, 1.807) is 0 Å². The molecule has 0 aromatic rings. The Balaban J connectivity index is 3.76. The summed E-state index contributed by atoms with van der Waals surface area (Å²) < 4.78 is 0. The topological polar surface area (TPSA) is 0 Å². The highest BCUT2D eigenvalue weighted by molar-refractivity contribution is 9.09. The van der Waals surface area contributed by atoms with Crippen LogP contribution in [-0.2, 0) is 0 Å². The third-order valence-corrected chi connectivity index (χ3v) is 2.85. The molecular weight excluding hydrogens is 260 g/mol. The molecule has 0 N–H and O–H groups in total. The van der Waals surface area contributed by atoms with E-state index in [2.05, 4.69) is 67.9 Å². The van der Waals surface area contributed by atoms with E-state index in [1.165, 1.54) is 30.4 Å². The van der Waals surface area contributed by atoms with E-state index in [1.807, 2.05) is 0 Å². The van der Waals surface area contributed by atoms with Crippen LogP contribution in [0.1, 0.15) is 47.0 Å². The number of hydrogen-bond donors (Lipinski definition) is 0. The van der Waals surface area contributed by atoms with Gasteiger partial charge in [0.05, 0.1) is 0 Å². The third-order valence-electron chi connectivity index (χ3n) is 2.53. The van der Waals surface area contributed by atoms with Crippen molar-refractivity contribution in [3.8, 4) is 0 Å². The predicted molar refractivity (Wildman–Crippen MR) is 79.1 cm³/mol. The molecule has 0 amide bonds. The van der Waals surface area contributed by atoms with Crippen LogP contribution in [0.4, 0.5) is 0 Å². The fourth-order valence-corrected chi connectivity index (χ4v) is 1.96. The van der Waals surface area contributed by atoms with Gasteiger partial charge in [-0.05, 0) is 46.0 Å². The first-order valence-corrected chi connectivity index (χ1v) is 7.21. The minimum absolute atomic E-state index is 0.781. The molecule has 0 spiro atoms. The Morgan fingerprint density at radius 1 is 1.19 bits per heavy atom. The van der Waals surface area contributed by atoms with E-state index in [4.69, 9.17) is 0 Å². The Kier molecular flexibility index (Phi) is 9.71. The summed E-state index contributed by atoms with van der Waals surface area (Å²) in [5.74, 6) is 0.781. The first-order valence-electron chi connectivity index (χ1n) is 6.09. The van der Waals surface area contributed by atoms with Gasteiger partial charge in [-0.25, -0.2) is 0 Å². The Morgan fingerprint density at radius 3 is 2.44 bits per heavy atom. The van der Waals surface area contributed by atoms with E-state index in [0.29, 0.717) is 0 Å². The lowest BCUT2D eigenvalue weighted by molar-refractivity contribution is 0.545. The SMILES string of the molecule is CC(C)=CCCC(C)C/C=C/C(C)=C/CBr. The molecule has 0 rings (SSSR count). The van der Waals surface area contributed by atoms with E-state index in [9.17, 15) is 0 Å². The van der Waals surface area contributed by atoms with Crippen LogP contribution in [-0.4, -0.2) is 5.33 Å². The van der Waals surface area contributed by atoms with Crippen LogP contribution in [0.5, 0.6) is 0 Å². The molecule has 1 atom stereocenters. The molecule has 0 aliphatic heterocycles. The normalized spacial score (nSPS) is 14.2. The van der Waals surface area contributed by atoms with E-state index >= 15 is 0 Å². The average molecular weight is 285 g/mol. The van der Waals surface area contributed by atoms with E-state index < -0.39 is 0 Å². The van der Waals surface area contributed by atoms with Crippen molar-refractivity contribution in [3.63, 3.8) is 0 Å². The monoisotopic (exact) mass is 284 g/mol.